The molecule has 2 aromatic carbocycles. The molecule has 0 spiro atoms. The number of aromatic nitrogens is 2. The first-order valence-electron chi connectivity index (χ1n) is 8.98. The van der Waals surface area contributed by atoms with E-state index in [2.05, 4.69) is 10.2 Å². The smallest absolute Gasteiger partial charge is 0.247 e. The van der Waals surface area contributed by atoms with Crippen LogP contribution in [0.25, 0.3) is 11.5 Å². The van der Waals surface area contributed by atoms with Crippen molar-refractivity contribution in [1.29, 1.82) is 0 Å². The number of nitrogens with zero attached hydrogens (tertiary/aromatic N) is 3. The Morgan fingerprint density at radius 3 is 2.38 bits per heavy atom. The second-order valence-electron chi connectivity index (χ2n) is 6.53. The van der Waals surface area contributed by atoms with Gasteiger partial charge in [0, 0.05) is 17.7 Å². The van der Waals surface area contributed by atoms with E-state index in [0.29, 0.717) is 11.6 Å². The molecule has 0 fully saturated rings. The van der Waals surface area contributed by atoms with E-state index in [1.807, 2.05) is 30.3 Å². The fourth-order valence-electron chi connectivity index (χ4n) is 2.81. The van der Waals surface area contributed by atoms with Crippen LogP contribution in [0.3, 0.4) is 0 Å². The lowest BCUT2D eigenvalue weighted by Gasteiger charge is -2.25. The van der Waals surface area contributed by atoms with E-state index < -0.39 is 10.0 Å². The van der Waals surface area contributed by atoms with Gasteiger partial charge in [0.15, 0.2) is 0 Å². The van der Waals surface area contributed by atoms with E-state index in [1.54, 1.807) is 26.0 Å². The quantitative estimate of drug-likeness (QED) is 0.555. The van der Waals surface area contributed by atoms with Crippen molar-refractivity contribution in [3.8, 4) is 23.0 Å². The number of methoxy groups -OCH3 is 2. The standard InChI is InChI=1S/C20H23N3O5S/c1-14(2)23(13-19-21-22-20(28-19)15-8-6-5-7-9-15)29(24,25)18-12-16(26-3)10-11-17(18)27-4/h5-12,14H,13H2,1-4H3. The zero-order chi connectivity index (χ0) is 21.0. The highest BCUT2D eigenvalue weighted by Crippen LogP contribution is 2.32. The fraction of sp³-hybridized carbons (Fsp3) is 0.300. The Hall–Kier alpha value is -2.91. The molecule has 0 atom stereocenters. The van der Waals surface area contributed by atoms with Crippen LogP contribution in [-0.4, -0.2) is 43.2 Å². The first kappa shape index (κ1) is 20.8. The van der Waals surface area contributed by atoms with Crippen LogP contribution in [0.1, 0.15) is 19.7 Å². The number of hydrogen-bond acceptors (Lipinski definition) is 7. The van der Waals surface area contributed by atoms with Gasteiger partial charge < -0.3 is 13.9 Å². The molecule has 3 rings (SSSR count). The third-order valence-corrected chi connectivity index (χ3v) is 6.36. The molecule has 0 aliphatic heterocycles. The predicted octanol–water partition coefficient (Wildman–Crippen LogP) is 3.35. The van der Waals surface area contributed by atoms with Gasteiger partial charge in [-0.25, -0.2) is 8.42 Å². The van der Waals surface area contributed by atoms with Crippen LogP contribution in [0.2, 0.25) is 0 Å². The second-order valence-corrected chi connectivity index (χ2v) is 8.39. The third kappa shape index (κ3) is 4.41. The molecule has 0 amide bonds. The number of benzene rings is 2. The molecule has 0 saturated carbocycles. The predicted molar refractivity (Wildman–Crippen MR) is 107 cm³/mol. The zero-order valence-electron chi connectivity index (χ0n) is 16.7. The van der Waals surface area contributed by atoms with E-state index in [9.17, 15) is 8.42 Å². The Kier molecular flexibility index (Phi) is 6.19. The third-order valence-electron chi connectivity index (χ3n) is 4.31. The SMILES string of the molecule is COc1ccc(OC)c(S(=O)(=O)N(Cc2nnc(-c3ccccc3)o2)C(C)C)c1. The van der Waals surface area contributed by atoms with Crippen LogP contribution in [0.5, 0.6) is 11.5 Å². The largest absolute Gasteiger partial charge is 0.497 e. The van der Waals surface area contributed by atoms with Crippen molar-refractivity contribution in [2.75, 3.05) is 14.2 Å². The molecule has 0 aliphatic carbocycles. The van der Waals surface area contributed by atoms with Gasteiger partial charge in [-0.15, -0.1) is 10.2 Å². The molecular weight excluding hydrogens is 394 g/mol. The van der Waals surface area contributed by atoms with Gasteiger partial charge in [-0.05, 0) is 38.1 Å². The second kappa shape index (κ2) is 8.62. The van der Waals surface area contributed by atoms with Crippen molar-refractivity contribution in [2.45, 2.75) is 31.3 Å². The first-order chi connectivity index (χ1) is 13.9. The van der Waals surface area contributed by atoms with Crippen LogP contribution in [0.4, 0.5) is 0 Å². The van der Waals surface area contributed by atoms with Crippen molar-refractivity contribution in [1.82, 2.24) is 14.5 Å². The average Bonchev–Trinajstić information content (AvgIpc) is 3.20. The Bertz CT molecular complexity index is 1060. The zero-order valence-corrected chi connectivity index (χ0v) is 17.5. The van der Waals surface area contributed by atoms with Gasteiger partial charge in [-0.3, -0.25) is 0 Å². The van der Waals surface area contributed by atoms with Crippen molar-refractivity contribution in [2.24, 2.45) is 0 Å². The summed E-state index contributed by atoms with van der Waals surface area (Å²) >= 11 is 0. The molecule has 0 unspecified atom stereocenters. The summed E-state index contributed by atoms with van der Waals surface area (Å²) in [5, 5.41) is 8.05. The molecular formula is C20H23N3O5S. The van der Waals surface area contributed by atoms with Gasteiger partial charge in [0.25, 0.3) is 0 Å². The van der Waals surface area contributed by atoms with E-state index in [1.165, 1.54) is 24.6 Å². The van der Waals surface area contributed by atoms with Crippen molar-refractivity contribution < 1.29 is 22.3 Å². The summed E-state index contributed by atoms with van der Waals surface area (Å²) in [6, 6.07) is 13.6. The summed E-state index contributed by atoms with van der Waals surface area (Å²) in [7, 11) is -1.03. The molecule has 8 nitrogen and oxygen atoms in total. The van der Waals surface area contributed by atoms with E-state index in [-0.39, 0.29) is 29.1 Å². The van der Waals surface area contributed by atoms with Crippen LogP contribution in [0, 0.1) is 0 Å². The summed E-state index contributed by atoms with van der Waals surface area (Å²) in [5.74, 6) is 1.17. The van der Waals surface area contributed by atoms with E-state index >= 15 is 0 Å². The maximum Gasteiger partial charge on any atom is 0.247 e. The fourth-order valence-corrected chi connectivity index (χ4v) is 4.56. The monoisotopic (exact) mass is 417 g/mol. The van der Waals surface area contributed by atoms with Crippen molar-refractivity contribution >= 4 is 10.0 Å². The van der Waals surface area contributed by atoms with Crippen LogP contribution in [0.15, 0.2) is 57.8 Å². The lowest BCUT2D eigenvalue weighted by atomic mass is 10.2. The summed E-state index contributed by atoms with van der Waals surface area (Å²) in [6.45, 7) is 3.48. The summed E-state index contributed by atoms with van der Waals surface area (Å²) in [5.41, 5.74) is 0.764. The topological polar surface area (TPSA) is 94.8 Å². The summed E-state index contributed by atoms with van der Waals surface area (Å²) < 4.78 is 44.2. The Morgan fingerprint density at radius 2 is 1.76 bits per heavy atom. The highest BCUT2D eigenvalue weighted by molar-refractivity contribution is 7.89. The molecule has 9 heteroatoms. The Labute approximate surface area is 170 Å². The number of rotatable bonds is 8. The molecule has 0 N–H and O–H groups in total. The Balaban J connectivity index is 1.95. The van der Waals surface area contributed by atoms with Crippen molar-refractivity contribution in [3.05, 3.63) is 54.4 Å². The molecule has 0 radical (unpaired) electrons. The van der Waals surface area contributed by atoms with Gasteiger partial charge in [0.1, 0.15) is 16.4 Å². The van der Waals surface area contributed by atoms with Gasteiger partial charge in [-0.1, -0.05) is 18.2 Å². The molecule has 0 saturated heterocycles. The minimum atomic E-state index is -3.93. The molecule has 0 bridgehead atoms. The molecule has 1 aromatic heterocycles. The molecule has 0 aliphatic rings. The maximum absolute atomic E-state index is 13.4. The lowest BCUT2D eigenvalue weighted by molar-refractivity contribution is 0.310. The van der Waals surface area contributed by atoms with Gasteiger partial charge >= 0.3 is 0 Å². The van der Waals surface area contributed by atoms with Crippen LogP contribution < -0.4 is 9.47 Å². The minimum absolute atomic E-state index is 0.0100. The van der Waals surface area contributed by atoms with Crippen molar-refractivity contribution in [3.63, 3.8) is 0 Å². The van der Waals surface area contributed by atoms with E-state index in [0.717, 1.165) is 5.56 Å². The highest BCUT2D eigenvalue weighted by Gasteiger charge is 2.32. The number of ether oxygens (including phenoxy) is 2. The number of sulfonamides is 1. The number of hydrogen-bond donors (Lipinski definition) is 0. The van der Waals surface area contributed by atoms with Gasteiger partial charge in [-0.2, -0.15) is 4.31 Å². The highest BCUT2D eigenvalue weighted by atomic mass is 32.2. The summed E-state index contributed by atoms with van der Waals surface area (Å²) in [4.78, 5) is 0.0100. The average molecular weight is 417 g/mol. The van der Waals surface area contributed by atoms with Gasteiger partial charge in [0.2, 0.25) is 21.8 Å². The minimum Gasteiger partial charge on any atom is -0.497 e. The molecule has 154 valence electrons. The molecule has 29 heavy (non-hydrogen) atoms. The summed E-state index contributed by atoms with van der Waals surface area (Å²) in [6.07, 6.45) is 0. The van der Waals surface area contributed by atoms with Crippen LogP contribution >= 0.6 is 0 Å². The first-order valence-corrected chi connectivity index (χ1v) is 10.4. The Morgan fingerprint density at radius 1 is 1.03 bits per heavy atom. The molecule has 1 heterocycles. The normalized spacial score (nSPS) is 11.8. The van der Waals surface area contributed by atoms with Gasteiger partial charge in [0.05, 0.1) is 20.8 Å². The maximum atomic E-state index is 13.4. The van der Waals surface area contributed by atoms with Crippen LogP contribution in [-0.2, 0) is 16.6 Å². The van der Waals surface area contributed by atoms with E-state index in [4.69, 9.17) is 13.9 Å². The lowest BCUT2D eigenvalue weighted by Crippen LogP contribution is -2.36. The molecule has 3 aromatic rings.